The van der Waals surface area contributed by atoms with E-state index in [0.29, 0.717) is 13.0 Å². The quantitative estimate of drug-likeness (QED) is 0.462. The maximum atomic E-state index is 8.39. The SMILES string of the molecule is CCCN(CCC)P(C)OCCC#N. The lowest BCUT2D eigenvalue weighted by molar-refractivity contribution is 0.313. The molecule has 0 radical (unpaired) electrons. The molecule has 0 fully saturated rings. The Morgan fingerprint density at radius 3 is 2.29 bits per heavy atom. The molecular formula is C10H21N2OP. The highest BCUT2D eigenvalue weighted by Crippen LogP contribution is 2.37. The third kappa shape index (κ3) is 6.32. The molecule has 0 aromatic carbocycles. The molecule has 82 valence electrons. The second-order valence-corrected chi connectivity index (χ2v) is 4.91. The van der Waals surface area contributed by atoms with Crippen molar-refractivity contribution >= 4 is 8.30 Å². The Kier molecular flexibility index (Phi) is 9.29. The van der Waals surface area contributed by atoms with E-state index >= 15 is 0 Å². The van der Waals surface area contributed by atoms with Gasteiger partial charge in [0, 0.05) is 13.1 Å². The topological polar surface area (TPSA) is 36.3 Å². The van der Waals surface area contributed by atoms with Gasteiger partial charge < -0.3 is 4.52 Å². The third-order valence-corrected chi connectivity index (χ3v) is 3.61. The van der Waals surface area contributed by atoms with Crippen LogP contribution in [0.1, 0.15) is 33.1 Å². The summed E-state index contributed by atoms with van der Waals surface area (Å²) in [5, 5.41) is 8.39. The third-order valence-electron chi connectivity index (χ3n) is 1.85. The molecule has 0 rings (SSSR count). The molecule has 1 unspecified atom stereocenters. The van der Waals surface area contributed by atoms with Crippen molar-refractivity contribution < 1.29 is 4.52 Å². The molecule has 3 nitrogen and oxygen atoms in total. The van der Waals surface area contributed by atoms with Gasteiger partial charge in [-0.2, -0.15) is 5.26 Å². The number of rotatable bonds is 8. The van der Waals surface area contributed by atoms with Crippen LogP contribution in [0.3, 0.4) is 0 Å². The molecule has 0 spiro atoms. The van der Waals surface area contributed by atoms with Gasteiger partial charge in [0.1, 0.15) is 8.30 Å². The average Bonchev–Trinajstić information content (AvgIpc) is 2.18. The minimum atomic E-state index is -0.485. The second kappa shape index (κ2) is 9.40. The van der Waals surface area contributed by atoms with E-state index in [9.17, 15) is 0 Å². The summed E-state index contributed by atoms with van der Waals surface area (Å²) in [6, 6.07) is 2.09. The molecule has 4 heteroatoms. The summed E-state index contributed by atoms with van der Waals surface area (Å²) < 4.78 is 8.00. The Hall–Kier alpha value is -0.160. The molecule has 0 aromatic rings. The molecule has 0 heterocycles. The van der Waals surface area contributed by atoms with Crippen LogP contribution >= 0.6 is 8.30 Å². The summed E-state index contributed by atoms with van der Waals surface area (Å²) in [7, 11) is -0.485. The van der Waals surface area contributed by atoms with Gasteiger partial charge in [0.2, 0.25) is 0 Å². The van der Waals surface area contributed by atoms with E-state index in [2.05, 4.69) is 31.3 Å². The predicted molar refractivity (Wildman–Crippen MR) is 61.2 cm³/mol. The summed E-state index contributed by atoms with van der Waals surface area (Å²) in [4.78, 5) is 0. The van der Waals surface area contributed by atoms with Gasteiger partial charge in [-0.3, -0.25) is 4.67 Å². The van der Waals surface area contributed by atoms with E-state index in [4.69, 9.17) is 9.79 Å². The number of hydrogen-bond acceptors (Lipinski definition) is 3. The fraction of sp³-hybridized carbons (Fsp3) is 0.900. The van der Waals surface area contributed by atoms with E-state index in [1.165, 1.54) is 0 Å². The van der Waals surface area contributed by atoms with Crippen LogP contribution in [0.2, 0.25) is 0 Å². The van der Waals surface area contributed by atoms with Crippen molar-refractivity contribution in [3.05, 3.63) is 0 Å². The molecule has 0 aliphatic rings. The van der Waals surface area contributed by atoms with Crippen LogP contribution in [-0.2, 0) is 4.52 Å². The fourth-order valence-corrected chi connectivity index (χ4v) is 2.70. The van der Waals surface area contributed by atoms with Gasteiger partial charge in [-0.25, -0.2) is 0 Å². The van der Waals surface area contributed by atoms with Crippen LogP contribution in [-0.4, -0.2) is 31.0 Å². The minimum absolute atomic E-state index is 0.485. The van der Waals surface area contributed by atoms with Crippen LogP contribution in [0.25, 0.3) is 0 Å². The Morgan fingerprint density at radius 1 is 1.29 bits per heavy atom. The first-order valence-electron chi connectivity index (χ1n) is 5.24. The summed E-state index contributed by atoms with van der Waals surface area (Å²) >= 11 is 0. The van der Waals surface area contributed by atoms with Crippen LogP contribution in [0.15, 0.2) is 0 Å². The summed E-state index contributed by atoms with van der Waals surface area (Å²) in [5.41, 5.74) is 0. The van der Waals surface area contributed by atoms with Gasteiger partial charge >= 0.3 is 0 Å². The van der Waals surface area contributed by atoms with Crippen molar-refractivity contribution in [1.29, 1.82) is 5.26 Å². The van der Waals surface area contributed by atoms with Crippen LogP contribution < -0.4 is 0 Å². The van der Waals surface area contributed by atoms with E-state index < -0.39 is 8.30 Å². The lowest BCUT2D eigenvalue weighted by Crippen LogP contribution is -2.20. The van der Waals surface area contributed by atoms with E-state index in [0.717, 1.165) is 25.9 Å². The zero-order chi connectivity index (χ0) is 10.8. The lowest BCUT2D eigenvalue weighted by Gasteiger charge is -2.27. The van der Waals surface area contributed by atoms with Crippen molar-refractivity contribution in [2.24, 2.45) is 0 Å². The van der Waals surface area contributed by atoms with Crippen LogP contribution in [0.5, 0.6) is 0 Å². The van der Waals surface area contributed by atoms with Gasteiger partial charge in [0.25, 0.3) is 0 Å². The standard InChI is InChI=1S/C10H21N2OP/c1-4-8-12(9-5-2)14(3)13-10-6-7-11/h4-6,8-10H2,1-3H3. The molecule has 0 aromatic heterocycles. The summed E-state index contributed by atoms with van der Waals surface area (Å²) in [6.07, 6.45) is 2.82. The van der Waals surface area contributed by atoms with Crippen molar-refractivity contribution in [2.45, 2.75) is 33.1 Å². The highest BCUT2D eigenvalue weighted by Gasteiger charge is 2.11. The van der Waals surface area contributed by atoms with E-state index in [1.54, 1.807) is 0 Å². The highest BCUT2D eigenvalue weighted by atomic mass is 31.2. The largest absolute Gasteiger partial charge is 0.343 e. The monoisotopic (exact) mass is 216 g/mol. The van der Waals surface area contributed by atoms with Crippen LogP contribution in [0.4, 0.5) is 0 Å². The second-order valence-electron chi connectivity index (χ2n) is 3.16. The fourth-order valence-electron chi connectivity index (χ4n) is 1.21. The first-order valence-corrected chi connectivity index (χ1v) is 6.90. The molecular weight excluding hydrogens is 195 g/mol. The zero-order valence-corrected chi connectivity index (χ0v) is 10.4. The highest BCUT2D eigenvalue weighted by molar-refractivity contribution is 7.49. The Balaban J connectivity index is 3.76. The Bertz CT molecular complexity index is 164. The molecule has 0 bridgehead atoms. The number of hydrogen-bond donors (Lipinski definition) is 0. The molecule has 0 amide bonds. The number of nitrogens with zero attached hydrogens (tertiary/aromatic N) is 2. The molecule has 0 aliphatic heterocycles. The molecule has 1 atom stereocenters. The molecule has 0 aliphatic carbocycles. The summed E-state index contributed by atoms with van der Waals surface area (Å²) in [6.45, 7) is 9.26. The molecule has 0 saturated heterocycles. The van der Waals surface area contributed by atoms with Gasteiger partial charge in [0.15, 0.2) is 0 Å². The van der Waals surface area contributed by atoms with Crippen molar-refractivity contribution in [3.8, 4) is 6.07 Å². The molecule has 0 saturated carbocycles. The predicted octanol–water partition coefficient (Wildman–Crippen LogP) is 2.98. The summed E-state index contributed by atoms with van der Waals surface area (Å²) in [5.74, 6) is 0. The zero-order valence-electron chi connectivity index (χ0n) is 9.49. The van der Waals surface area contributed by atoms with Gasteiger partial charge in [-0.05, 0) is 19.5 Å². The van der Waals surface area contributed by atoms with Gasteiger partial charge in [-0.15, -0.1) is 0 Å². The van der Waals surface area contributed by atoms with Gasteiger partial charge in [0.05, 0.1) is 19.1 Å². The van der Waals surface area contributed by atoms with Crippen molar-refractivity contribution in [1.82, 2.24) is 4.67 Å². The van der Waals surface area contributed by atoms with Crippen molar-refractivity contribution in [3.63, 3.8) is 0 Å². The first kappa shape index (κ1) is 13.8. The molecule has 0 N–H and O–H groups in total. The van der Waals surface area contributed by atoms with Crippen LogP contribution in [0, 0.1) is 11.3 Å². The maximum Gasteiger partial charge on any atom is 0.101 e. The van der Waals surface area contributed by atoms with Gasteiger partial charge in [-0.1, -0.05) is 13.8 Å². The average molecular weight is 216 g/mol. The first-order chi connectivity index (χ1) is 6.76. The Labute approximate surface area is 88.9 Å². The van der Waals surface area contributed by atoms with Crippen molar-refractivity contribution in [2.75, 3.05) is 26.4 Å². The van der Waals surface area contributed by atoms with E-state index in [1.807, 2.05) is 0 Å². The normalized spacial score (nSPS) is 12.8. The van der Waals surface area contributed by atoms with E-state index in [-0.39, 0.29) is 0 Å². The lowest BCUT2D eigenvalue weighted by atomic mass is 10.4. The Morgan fingerprint density at radius 2 is 1.86 bits per heavy atom. The minimum Gasteiger partial charge on any atom is -0.343 e. The smallest absolute Gasteiger partial charge is 0.101 e. The molecule has 14 heavy (non-hydrogen) atoms. The maximum absolute atomic E-state index is 8.39. The number of nitriles is 1.